The normalized spacial score (nSPS) is 9.53. The van der Waals surface area contributed by atoms with E-state index < -0.39 is 5.97 Å². The minimum absolute atomic E-state index is 0.250. The number of carbonyl (C=O) groups is 2. The molecule has 0 spiro atoms. The van der Waals surface area contributed by atoms with Crippen molar-refractivity contribution in [3.8, 4) is 0 Å². The van der Waals surface area contributed by atoms with Crippen molar-refractivity contribution >= 4 is 39.3 Å². The number of H-pyrrole nitrogens is 1. The second kappa shape index (κ2) is 5.44. The largest absolute Gasteiger partial charge is 0.483 e. The highest BCUT2D eigenvalue weighted by atomic mass is 79.9. The summed E-state index contributed by atoms with van der Waals surface area (Å²) in [6.07, 6.45) is 0. The van der Waals surface area contributed by atoms with E-state index in [-0.39, 0.29) is 12.0 Å². The number of nitrogens with zero attached hydrogens (tertiary/aromatic N) is 1. The van der Waals surface area contributed by atoms with Gasteiger partial charge in [0.15, 0.2) is 0 Å². The first-order valence-electron chi connectivity index (χ1n) is 4.47. The molecule has 0 aliphatic rings. The highest BCUT2D eigenvalue weighted by molar-refractivity contribution is 9.10. The van der Waals surface area contributed by atoms with Gasteiger partial charge in [0.25, 0.3) is 6.47 Å². The Kier molecular flexibility index (Phi) is 4.22. The quantitative estimate of drug-likeness (QED) is 0.699. The van der Waals surface area contributed by atoms with E-state index in [1.807, 2.05) is 0 Å². The number of nitrogens with one attached hydrogen (secondary N) is 1. The van der Waals surface area contributed by atoms with Crippen LogP contribution in [0.3, 0.4) is 0 Å². The molecule has 0 unspecified atom stereocenters. The topological polar surface area (TPSA) is 103 Å². The number of hydrogen-bond donors (Lipinski definition) is 3. The monoisotopic (exact) mass is 300 g/mol. The fraction of sp³-hybridized carbons (Fsp3) is 0.100. The van der Waals surface area contributed by atoms with Gasteiger partial charge in [-0.25, -0.2) is 4.79 Å². The van der Waals surface area contributed by atoms with Crippen LogP contribution in [-0.2, 0) is 4.79 Å². The van der Waals surface area contributed by atoms with Gasteiger partial charge in [-0.05, 0) is 35.0 Å². The lowest BCUT2D eigenvalue weighted by molar-refractivity contribution is -0.122. The predicted molar refractivity (Wildman–Crippen MR) is 64.2 cm³/mol. The minimum Gasteiger partial charge on any atom is -0.483 e. The van der Waals surface area contributed by atoms with E-state index in [1.54, 1.807) is 19.1 Å². The Morgan fingerprint density at radius 1 is 1.53 bits per heavy atom. The summed E-state index contributed by atoms with van der Waals surface area (Å²) in [4.78, 5) is 19.3. The summed E-state index contributed by atoms with van der Waals surface area (Å²) >= 11 is 3.32. The van der Waals surface area contributed by atoms with Crippen LogP contribution in [0.15, 0.2) is 16.6 Å². The average Bonchev–Trinajstić information content (AvgIpc) is 2.63. The zero-order chi connectivity index (χ0) is 13.0. The summed E-state index contributed by atoms with van der Waals surface area (Å²) in [5.74, 6) is -0.938. The molecule has 0 atom stereocenters. The number of fused-ring (bicyclic) bond motifs is 1. The highest BCUT2D eigenvalue weighted by Crippen LogP contribution is 2.27. The molecule has 1 heterocycles. The number of aryl methyl sites for hydroxylation is 1. The van der Waals surface area contributed by atoms with Gasteiger partial charge in [-0.15, -0.1) is 0 Å². The minimum atomic E-state index is -0.938. The standard InChI is InChI=1S/C9H7BrN2O2.CH2O2/c1-4-7-5(9(13)14)2-3-6(10)8(7)12-11-4;2-1-3/h2-3H,1H3,(H,11,12)(H,13,14);1H,(H,2,3). The van der Waals surface area contributed by atoms with Crippen LogP contribution in [0.1, 0.15) is 16.1 Å². The molecule has 0 saturated carbocycles. The number of carboxylic acid groups (broad SMARTS) is 2. The van der Waals surface area contributed by atoms with Crippen molar-refractivity contribution in [1.29, 1.82) is 0 Å². The second-order valence-corrected chi connectivity index (χ2v) is 3.93. The number of benzene rings is 1. The summed E-state index contributed by atoms with van der Waals surface area (Å²) < 4.78 is 0.793. The van der Waals surface area contributed by atoms with E-state index in [2.05, 4.69) is 26.1 Å². The first-order chi connectivity index (χ1) is 8.02. The van der Waals surface area contributed by atoms with Crippen LogP contribution in [0.2, 0.25) is 0 Å². The zero-order valence-corrected chi connectivity index (χ0v) is 10.4. The summed E-state index contributed by atoms with van der Waals surface area (Å²) in [7, 11) is 0. The lowest BCUT2D eigenvalue weighted by Crippen LogP contribution is -1.97. The first kappa shape index (κ1) is 13.2. The van der Waals surface area contributed by atoms with Crippen LogP contribution >= 0.6 is 15.9 Å². The van der Waals surface area contributed by atoms with Crippen molar-refractivity contribution < 1.29 is 19.8 Å². The number of hydrogen-bond acceptors (Lipinski definition) is 3. The van der Waals surface area contributed by atoms with Gasteiger partial charge in [-0.2, -0.15) is 5.10 Å². The van der Waals surface area contributed by atoms with E-state index in [0.29, 0.717) is 10.9 Å². The molecule has 2 aromatic rings. The second-order valence-electron chi connectivity index (χ2n) is 3.08. The molecule has 0 amide bonds. The number of aromatic nitrogens is 2. The van der Waals surface area contributed by atoms with Crippen molar-refractivity contribution in [2.75, 3.05) is 0 Å². The van der Waals surface area contributed by atoms with Gasteiger partial charge in [0, 0.05) is 15.6 Å². The third-order valence-electron chi connectivity index (χ3n) is 2.07. The number of aromatic amines is 1. The Morgan fingerprint density at radius 3 is 2.65 bits per heavy atom. The van der Waals surface area contributed by atoms with Crippen molar-refractivity contribution in [3.63, 3.8) is 0 Å². The molecule has 3 N–H and O–H groups in total. The van der Waals surface area contributed by atoms with Crippen LogP contribution in [0, 0.1) is 6.92 Å². The van der Waals surface area contributed by atoms with Gasteiger partial charge in [-0.3, -0.25) is 9.89 Å². The summed E-state index contributed by atoms with van der Waals surface area (Å²) in [5.41, 5.74) is 1.69. The molecule has 0 fully saturated rings. The van der Waals surface area contributed by atoms with Gasteiger partial charge < -0.3 is 10.2 Å². The molecule has 0 aliphatic carbocycles. The van der Waals surface area contributed by atoms with Crippen LogP contribution in [0.4, 0.5) is 0 Å². The maximum absolute atomic E-state index is 10.9. The van der Waals surface area contributed by atoms with Crippen molar-refractivity contribution in [2.45, 2.75) is 6.92 Å². The van der Waals surface area contributed by atoms with E-state index in [4.69, 9.17) is 15.0 Å². The molecule has 7 heteroatoms. The molecule has 2 rings (SSSR count). The number of aromatic carboxylic acids is 1. The Morgan fingerprint density at radius 2 is 2.12 bits per heavy atom. The molecular weight excluding hydrogens is 292 g/mol. The molecule has 0 aliphatic heterocycles. The predicted octanol–water partition coefficient (Wildman–Crippen LogP) is 2.03. The molecular formula is C10H9BrN2O4. The van der Waals surface area contributed by atoms with Crippen molar-refractivity contribution in [3.05, 3.63) is 27.9 Å². The van der Waals surface area contributed by atoms with E-state index >= 15 is 0 Å². The highest BCUT2D eigenvalue weighted by Gasteiger charge is 2.14. The fourth-order valence-corrected chi connectivity index (χ4v) is 1.85. The number of halogens is 1. The molecule has 90 valence electrons. The van der Waals surface area contributed by atoms with Gasteiger partial charge in [0.05, 0.1) is 5.56 Å². The molecule has 0 saturated heterocycles. The maximum Gasteiger partial charge on any atom is 0.336 e. The van der Waals surface area contributed by atoms with Gasteiger partial charge in [0.2, 0.25) is 0 Å². The smallest absolute Gasteiger partial charge is 0.336 e. The number of carboxylic acids is 1. The third-order valence-corrected chi connectivity index (χ3v) is 2.71. The Bertz CT molecular complexity index is 565. The fourth-order valence-electron chi connectivity index (χ4n) is 1.43. The Hall–Kier alpha value is -1.89. The molecule has 6 nitrogen and oxygen atoms in total. The maximum atomic E-state index is 10.9. The van der Waals surface area contributed by atoms with Crippen LogP contribution in [-0.4, -0.2) is 32.9 Å². The molecule has 1 aromatic heterocycles. The Labute approximate surface area is 104 Å². The summed E-state index contributed by atoms with van der Waals surface area (Å²) in [6.45, 7) is 1.55. The van der Waals surface area contributed by atoms with E-state index in [0.717, 1.165) is 10.2 Å². The number of rotatable bonds is 1. The molecule has 0 radical (unpaired) electrons. The summed E-state index contributed by atoms with van der Waals surface area (Å²) in [6, 6.07) is 3.25. The average molecular weight is 301 g/mol. The molecule has 17 heavy (non-hydrogen) atoms. The lowest BCUT2D eigenvalue weighted by atomic mass is 10.1. The van der Waals surface area contributed by atoms with E-state index in [1.165, 1.54) is 0 Å². The van der Waals surface area contributed by atoms with E-state index in [9.17, 15) is 4.79 Å². The van der Waals surface area contributed by atoms with Gasteiger partial charge in [0.1, 0.15) is 5.52 Å². The van der Waals surface area contributed by atoms with Crippen LogP contribution < -0.4 is 0 Å². The van der Waals surface area contributed by atoms with Crippen molar-refractivity contribution in [2.24, 2.45) is 0 Å². The SMILES string of the molecule is Cc1[nH]nc2c(Br)ccc(C(=O)O)c12.O=CO. The van der Waals surface area contributed by atoms with Gasteiger partial charge >= 0.3 is 5.97 Å². The van der Waals surface area contributed by atoms with Crippen LogP contribution in [0.25, 0.3) is 10.9 Å². The summed E-state index contributed by atoms with van der Waals surface area (Å²) in [5, 5.41) is 23.3. The van der Waals surface area contributed by atoms with Crippen LogP contribution in [0.5, 0.6) is 0 Å². The first-order valence-corrected chi connectivity index (χ1v) is 5.26. The molecule has 0 bridgehead atoms. The lowest BCUT2D eigenvalue weighted by Gasteiger charge is -1.98. The third kappa shape index (κ3) is 2.62. The van der Waals surface area contributed by atoms with Gasteiger partial charge in [-0.1, -0.05) is 0 Å². The van der Waals surface area contributed by atoms with Crippen molar-refractivity contribution in [1.82, 2.24) is 10.2 Å². The Balaban J connectivity index is 0.000000437. The zero-order valence-electron chi connectivity index (χ0n) is 8.77. The molecule has 1 aromatic carbocycles.